The van der Waals surface area contributed by atoms with Crippen LogP contribution in [0.3, 0.4) is 0 Å². The van der Waals surface area contributed by atoms with E-state index in [2.05, 4.69) is 29.3 Å². The number of para-hydroxylation sites is 1. The van der Waals surface area contributed by atoms with E-state index in [1.807, 2.05) is 12.1 Å². The van der Waals surface area contributed by atoms with Gasteiger partial charge in [-0.05, 0) is 49.7 Å². The minimum absolute atomic E-state index is 0.625. The number of hydrogen-bond donors (Lipinski definition) is 1. The van der Waals surface area contributed by atoms with Crippen LogP contribution in [-0.4, -0.2) is 25.7 Å². The molecule has 2 nitrogen and oxygen atoms in total. The fourth-order valence-electron chi connectivity index (χ4n) is 3.73. The van der Waals surface area contributed by atoms with E-state index in [0.717, 1.165) is 18.1 Å². The van der Waals surface area contributed by atoms with Crippen LogP contribution in [0.1, 0.15) is 45.4 Å². The molecule has 1 aliphatic heterocycles. The Kier molecular flexibility index (Phi) is 4.75. The second-order valence-electron chi connectivity index (χ2n) is 6.80. The van der Waals surface area contributed by atoms with E-state index in [1.165, 1.54) is 50.8 Å². The zero-order chi connectivity index (χ0) is 14.7. The average molecular weight is 307 g/mol. The van der Waals surface area contributed by atoms with E-state index in [0.29, 0.717) is 11.5 Å². The standard InChI is InChI=1S/C18H27ClN2/c1-2-18(10-5-11-18)14-20-15-8-12-21(13-9-15)17-7-4-3-6-16(17)19/h3-4,6-7,15,20H,2,5,8-14H2,1H3. The maximum Gasteiger partial charge on any atom is 0.0639 e. The molecule has 1 aromatic carbocycles. The van der Waals surface area contributed by atoms with Gasteiger partial charge in [-0.1, -0.05) is 37.1 Å². The van der Waals surface area contributed by atoms with Crippen LogP contribution in [-0.2, 0) is 0 Å². The molecule has 3 heteroatoms. The van der Waals surface area contributed by atoms with Gasteiger partial charge in [0.25, 0.3) is 0 Å². The maximum atomic E-state index is 6.30. The van der Waals surface area contributed by atoms with Crippen molar-refractivity contribution in [3.05, 3.63) is 29.3 Å². The highest BCUT2D eigenvalue weighted by molar-refractivity contribution is 6.33. The van der Waals surface area contributed by atoms with Crippen molar-refractivity contribution in [2.45, 2.75) is 51.5 Å². The molecule has 0 spiro atoms. The first-order valence-corrected chi connectivity index (χ1v) is 8.83. The molecule has 0 aromatic heterocycles. The Bertz CT molecular complexity index is 457. The van der Waals surface area contributed by atoms with Crippen LogP contribution in [0.15, 0.2) is 24.3 Å². The topological polar surface area (TPSA) is 15.3 Å². The molecule has 1 aliphatic carbocycles. The van der Waals surface area contributed by atoms with Gasteiger partial charge in [0, 0.05) is 25.7 Å². The Morgan fingerprint density at radius 1 is 1.24 bits per heavy atom. The van der Waals surface area contributed by atoms with Crippen molar-refractivity contribution in [2.24, 2.45) is 5.41 Å². The van der Waals surface area contributed by atoms with Crippen molar-refractivity contribution in [3.63, 3.8) is 0 Å². The normalized spacial score (nSPS) is 22.1. The molecule has 1 saturated carbocycles. The van der Waals surface area contributed by atoms with Gasteiger partial charge in [-0.2, -0.15) is 0 Å². The molecular formula is C18H27ClN2. The summed E-state index contributed by atoms with van der Waals surface area (Å²) in [6.45, 7) is 5.79. The van der Waals surface area contributed by atoms with Crippen molar-refractivity contribution in [1.82, 2.24) is 5.32 Å². The van der Waals surface area contributed by atoms with Gasteiger partial charge >= 0.3 is 0 Å². The Labute approximate surface area is 133 Å². The van der Waals surface area contributed by atoms with E-state index in [9.17, 15) is 0 Å². The molecule has 1 aromatic rings. The molecule has 1 saturated heterocycles. The average Bonchev–Trinajstić information content (AvgIpc) is 2.48. The first kappa shape index (κ1) is 15.2. The lowest BCUT2D eigenvalue weighted by molar-refractivity contribution is 0.117. The number of anilines is 1. The number of benzene rings is 1. The molecule has 21 heavy (non-hydrogen) atoms. The summed E-state index contributed by atoms with van der Waals surface area (Å²) >= 11 is 6.30. The second-order valence-corrected chi connectivity index (χ2v) is 7.21. The molecule has 2 aliphatic rings. The summed E-state index contributed by atoms with van der Waals surface area (Å²) in [7, 11) is 0. The van der Waals surface area contributed by atoms with E-state index < -0.39 is 0 Å². The predicted octanol–water partition coefficient (Wildman–Crippen LogP) is 4.48. The number of nitrogens with zero attached hydrogens (tertiary/aromatic N) is 1. The zero-order valence-corrected chi connectivity index (χ0v) is 13.8. The van der Waals surface area contributed by atoms with Crippen LogP contribution in [0.2, 0.25) is 5.02 Å². The molecule has 0 bridgehead atoms. The van der Waals surface area contributed by atoms with Crippen LogP contribution in [0.5, 0.6) is 0 Å². The van der Waals surface area contributed by atoms with Crippen LogP contribution in [0.4, 0.5) is 5.69 Å². The summed E-state index contributed by atoms with van der Waals surface area (Å²) in [6.07, 6.45) is 8.07. The SMILES string of the molecule is CCC1(CNC2CCN(c3ccccc3Cl)CC2)CCC1. The molecule has 1 heterocycles. The van der Waals surface area contributed by atoms with Crippen LogP contribution >= 0.6 is 11.6 Å². The molecule has 116 valence electrons. The number of hydrogen-bond acceptors (Lipinski definition) is 2. The molecule has 0 radical (unpaired) electrons. The van der Waals surface area contributed by atoms with Crippen LogP contribution in [0, 0.1) is 5.41 Å². The van der Waals surface area contributed by atoms with Gasteiger partial charge in [-0.3, -0.25) is 0 Å². The molecule has 0 unspecified atom stereocenters. The quantitative estimate of drug-likeness (QED) is 0.863. The second kappa shape index (κ2) is 6.58. The van der Waals surface area contributed by atoms with Crippen molar-refractivity contribution < 1.29 is 0 Å². The zero-order valence-electron chi connectivity index (χ0n) is 13.1. The summed E-state index contributed by atoms with van der Waals surface area (Å²) in [4.78, 5) is 2.43. The lowest BCUT2D eigenvalue weighted by atomic mass is 9.67. The smallest absolute Gasteiger partial charge is 0.0639 e. The summed E-state index contributed by atoms with van der Waals surface area (Å²) in [5.74, 6) is 0. The Hall–Kier alpha value is -0.730. The fraction of sp³-hybridized carbons (Fsp3) is 0.667. The van der Waals surface area contributed by atoms with Gasteiger partial charge in [0.05, 0.1) is 10.7 Å². The van der Waals surface area contributed by atoms with E-state index in [1.54, 1.807) is 0 Å². The number of piperidine rings is 1. The Morgan fingerprint density at radius 2 is 1.95 bits per heavy atom. The summed E-state index contributed by atoms with van der Waals surface area (Å²) < 4.78 is 0. The van der Waals surface area contributed by atoms with Crippen LogP contribution < -0.4 is 10.2 Å². The van der Waals surface area contributed by atoms with Gasteiger partial charge in [-0.15, -0.1) is 0 Å². The summed E-state index contributed by atoms with van der Waals surface area (Å²) in [6, 6.07) is 8.89. The lowest BCUT2D eigenvalue weighted by Gasteiger charge is -2.43. The highest BCUT2D eigenvalue weighted by Gasteiger charge is 2.35. The molecule has 3 rings (SSSR count). The summed E-state index contributed by atoms with van der Waals surface area (Å²) in [5.41, 5.74) is 1.82. The number of halogens is 1. The van der Waals surface area contributed by atoms with E-state index >= 15 is 0 Å². The minimum Gasteiger partial charge on any atom is -0.370 e. The van der Waals surface area contributed by atoms with Gasteiger partial charge in [0.2, 0.25) is 0 Å². The molecule has 0 atom stereocenters. The van der Waals surface area contributed by atoms with E-state index in [-0.39, 0.29) is 0 Å². The molecular weight excluding hydrogens is 280 g/mol. The minimum atomic E-state index is 0.625. The predicted molar refractivity (Wildman–Crippen MR) is 91.3 cm³/mol. The first-order valence-electron chi connectivity index (χ1n) is 8.45. The summed E-state index contributed by atoms with van der Waals surface area (Å²) in [5, 5.41) is 4.72. The third-order valence-electron chi connectivity index (χ3n) is 5.62. The van der Waals surface area contributed by atoms with Gasteiger partial charge < -0.3 is 10.2 Å². The van der Waals surface area contributed by atoms with Crippen molar-refractivity contribution in [3.8, 4) is 0 Å². The van der Waals surface area contributed by atoms with Crippen molar-refractivity contribution in [2.75, 3.05) is 24.5 Å². The lowest BCUT2D eigenvalue weighted by Crippen LogP contribution is -2.47. The van der Waals surface area contributed by atoms with Crippen LogP contribution in [0.25, 0.3) is 0 Å². The molecule has 2 fully saturated rings. The van der Waals surface area contributed by atoms with Crippen molar-refractivity contribution in [1.29, 1.82) is 0 Å². The van der Waals surface area contributed by atoms with Crippen molar-refractivity contribution >= 4 is 17.3 Å². The molecule has 1 N–H and O–H groups in total. The number of nitrogens with one attached hydrogen (secondary N) is 1. The Morgan fingerprint density at radius 3 is 2.52 bits per heavy atom. The van der Waals surface area contributed by atoms with Gasteiger partial charge in [0.15, 0.2) is 0 Å². The Balaban J connectivity index is 1.48. The van der Waals surface area contributed by atoms with E-state index in [4.69, 9.17) is 11.6 Å². The van der Waals surface area contributed by atoms with Gasteiger partial charge in [-0.25, -0.2) is 0 Å². The third kappa shape index (κ3) is 3.37. The highest BCUT2D eigenvalue weighted by atomic mass is 35.5. The van der Waals surface area contributed by atoms with Gasteiger partial charge in [0.1, 0.15) is 0 Å². The third-order valence-corrected chi connectivity index (χ3v) is 5.94. The number of rotatable bonds is 5. The molecule has 0 amide bonds. The first-order chi connectivity index (χ1) is 10.2. The highest BCUT2D eigenvalue weighted by Crippen LogP contribution is 2.43. The maximum absolute atomic E-state index is 6.30. The monoisotopic (exact) mass is 306 g/mol. The fourth-order valence-corrected chi connectivity index (χ4v) is 3.98. The largest absolute Gasteiger partial charge is 0.370 e.